The van der Waals surface area contributed by atoms with Gasteiger partial charge in [0.2, 0.25) is 0 Å². The molecule has 0 radical (unpaired) electrons. The summed E-state index contributed by atoms with van der Waals surface area (Å²) < 4.78 is 0. The van der Waals surface area contributed by atoms with Gasteiger partial charge in [-0.1, -0.05) is 12.8 Å². The average Bonchev–Trinajstić information content (AvgIpc) is 2.89. The Bertz CT molecular complexity index is 361. The fraction of sp³-hybridized carbons (Fsp3) is 0.769. The molecule has 100 valence electrons. The maximum absolute atomic E-state index is 12.0. The predicted molar refractivity (Wildman–Crippen MR) is 65.8 cm³/mol. The molecule has 0 aromatic carbocycles. The summed E-state index contributed by atoms with van der Waals surface area (Å²) in [5, 5.41) is 0. The highest BCUT2D eigenvalue weighted by Gasteiger charge is 2.34. The molecule has 2 fully saturated rings. The van der Waals surface area contributed by atoms with Gasteiger partial charge in [-0.05, 0) is 19.8 Å². The Kier molecular flexibility index (Phi) is 3.99. The third-order valence-electron chi connectivity index (χ3n) is 3.94. The van der Waals surface area contributed by atoms with Crippen LogP contribution in [0.25, 0.3) is 0 Å². The second-order valence-electron chi connectivity index (χ2n) is 5.06. The highest BCUT2D eigenvalue weighted by molar-refractivity contribution is 6.35. The SMILES string of the molecule is CCN1CCN(CC(=O)C2CCCC2)C(=O)C1=O. The van der Waals surface area contributed by atoms with Crippen molar-refractivity contribution in [3.05, 3.63) is 0 Å². The van der Waals surface area contributed by atoms with Crippen molar-refractivity contribution in [1.29, 1.82) is 0 Å². The molecule has 0 bridgehead atoms. The minimum atomic E-state index is -0.519. The number of hydrogen-bond acceptors (Lipinski definition) is 3. The topological polar surface area (TPSA) is 57.7 Å². The molecule has 2 amide bonds. The van der Waals surface area contributed by atoms with Crippen LogP contribution < -0.4 is 0 Å². The van der Waals surface area contributed by atoms with Crippen molar-refractivity contribution in [2.75, 3.05) is 26.2 Å². The summed E-state index contributed by atoms with van der Waals surface area (Å²) in [5.74, 6) is -0.756. The zero-order chi connectivity index (χ0) is 13.1. The monoisotopic (exact) mass is 252 g/mol. The largest absolute Gasteiger partial charge is 0.333 e. The molecule has 5 heteroatoms. The van der Waals surface area contributed by atoms with Crippen molar-refractivity contribution >= 4 is 17.6 Å². The van der Waals surface area contributed by atoms with E-state index in [1.807, 2.05) is 6.92 Å². The van der Waals surface area contributed by atoms with E-state index in [1.165, 1.54) is 9.80 Å². The van der Waals surface area contributed by atoms with Gasteiger partial charge in [0.05, 0.1) is 6.54 Å². The molecule has 1 saturated heterocycles. The number of likely N-dealkylation sites (N-methyl/N-ethyl adjacent to an activating group) is 1. The van der Waals surface area contributed by atoms with Crippen molar-refractivity contribution in [3.63, 3.8) is 0 Å². The lowest BCUT2D eigenvalue weighted by molar-refractivity contribution is -0.156. The Labute approximate surface area is 107 Å². The van der Waals surface area contributed by atoms with Crippen LogP contribution in [0.1, 0.15) is 32.6 Å². The highest BCUT2D eigenvalue weighted by atomic mass is 16.2. The van der Waals surface area contributed by atoms with E-state index in [0.29, 0.717) is 19.6 Å². The lowest BCUT2D eigenvalue weighted by Crippen LogP contribution is -2.55. The maximum Gasteiger partial charge on any atom is 0.312 e. The molecule has 1 aliphatic carbocycles. The standard InChI is InChI=1S/C13H20N2O3/c1-2-14-7-8-15(13(18)12(14)17)9-11(16)10-5-3-4-6-10/h10H,2-9H2,1H3. The summed E-state index contributed by atoms with van der Waals surface area (Å²) in [5.41, 5.74) is 0. The number of carbonyl (C=O) groups is 3. The van der Waals surface area contributed by atoms with Crippen LogP contribution in [0.5, 0.6) is 0 Å². The number of piperazine rings is 1. The van der Waals surface area contributed by atoms with Crippen molar-refractivity contribution in [3.8, 4) is 0 Å². The first kappa shape index (κ1) is 13.1. The zero-order valence-corrected chi connectivity index (χ0v) is 10.9. The minimum Gasteiger partial charge on any atom is -0.333 e. The van der Waals surface area contributed by atoms with Crippen molar-refractivity contribution in [2.24, 2.45) is 5.92 Å². The van der Waals surface area contributed by atoms with Crippen molar-refractivity contribution in [1.82, 2.24) is 9.80 Å². The van der Waals surface area contributed by atoms with Gasteiger partial charge in [-0.15, -0.1) is 0 Å². The molecule has 1 heterocycles. The molecule has 0 aromatic heterocycles. The molecule has 1 saturated carbocycles. The third kappa shape index (κ3) is 2.54. The van der Waals surface area contributed by atoms with Crippen LogP contribution in [0.2, 0.25) is 0 Å². The number of nitrogens with zero attached hydrogens (tertiary/aromatic N) is 2. The van der Waals surface area contributed by atoms with E-state index in [1.54, 1.807) is 0 Å². The minimum absolute atomic E-state index is 0.108. The Morgan fingerprint density at radius 2 is 1.67 bits per heavy atom. The smallest absolute Gasteiger partial charge is 0.312 e. The van der Waals surface area contributed by atoms with Crippen LogP contribution in [0.4, 0.5) is 0 Å². The Hall–Kier alpha value is -1.39. The van der Waals surface area contributed by atoms with E-state index >= 15 is 0 Å². The highest BCUT2D eigenvalue weighted by Crippen LogP contribution is 2.25. The second-order valence-corrected chi connectivity index (χ2v) is 5.06. The fourth-order valence-corrected chi connectivity index (χ4v) is 2.73. The van der Waals surface area contributed by atoms with Crippen LogP contribution in [0.15, 0.2) is 0 Å². The van der Waals surface area contributed by atoms with E-state index in [2.05, 4.69) is 0 Å². The van der Waals surface area contributed by atoms with Gasteiger partial charge < -0.3 is 9.80 Å². The molecule has 0 atom stereocenters. The van der Waals surface area contributed by atoms with Gasteiger partial charge in [0.15, 0.2) is 5.78 Å². The van der Waals surface area contributed by atoms with E-state index in [-0.39, 0.29) is 18.2 Å². The lowest BCUT2D eigenvalue weighted by Gasteiger charge is -2.33. The number of rotatable bonds is 4. The first-order valence-corrected chi connectivity index (χ1v) is 6.74. The molecular weight excluding hydrogens is 232 g/mol. The average molecular weight is 252 g/mol. The van der Waals surface area contributed by atoms with Crippen LogP contribution in [0, 0.1) is 5.92 Å². The molecule has 1 aliphatic heterocycles. The van der Waals surface area contributed by atoms with E-state index in [9.17, 15) is 14.4 Å². The van der Waals surface area contributed by atoms with Crippen LogP contribution in [0.3, 0.4) is 0 Å². The van der Waals surface area contributed by atoms with Gasteiger partial charge in [-0.25, -0.2) is 0 Å². The van der Waals surface area contributed by atoms with Gasteiger partial charge in [0.25, 0.3) is 0 Å². The molecule has 0 spiro atoms. The molecule has 0 unspecified atom stereocenters. The summed E-state index contributed by atoms with van der Waals surface area (Å²) in [7, 11) is 0. The molecule has 18 heavy (non-hydrogen) atoms. The first-order valence-electron chi connectivity index (χ1n) is 6.74. The number of amides is 2. The molecule has 5 nitrogen and oxygen atoms in total. The van der Waals surface area contributed by atoms with Crippen LogP contribution >= 0.6 is 0 Å². The summed E-state index contributed by atoms with van der Waals surface area (Å²) in [4.78, 5) is 38.5. The van der Waals surface area contributed by atoms with Crippen molar-refractivity contribution < 1.29 is 14.4 Å². The molecular formula is C13H20N2O3. The predicted octanol–water partition coefficient (Wildman–Crippen LogP) is 0.436. The number of Topliss-reactive ketones (excluding diaryl/α,β-unsaturated/α-hetero) is 1. The Morgan fingerprint density at radius 3 is 2.28 bits per heavy atom. The quantitative estimate of drug-likeness (QED) is 0.682. The van der Waals surface area contributed by atoms with Crippen LogP contribution in [-0.2, 0) is 14.4 Å². The van der Waals surface area contributed by atoms with Gasteiger partial charge >= 0.3 is 11.8 Å². The molecule has 0 N–H and O–H groups in total. The normalized spacial score (nSPS) is 21.8. The maximum atomic E-state index is 12.0. The number of ketones is 1. The van der Waals surface area contributed by atoms with Gasteiger partial charge in [0.1, 0.15) is 0 Å². The van der Waals surface area contributed by atoms with E-state index in [4.69, 9.17) is 0 Å². The lowest BCUT2D eigenvalue weighted by atomic mass is 10.0. The first-order chi connectivity index (χ1) is 8.63. The van der Waals surface area contributed by atoms with Gasteiger partial charge in [-0.3, -0.25) is 14.4 Å². The molecule has 0 aromatic rings. The zero-order valence-electron chi connectivity index (χ0n) is 10.9. The van der Waals surface area contributed by atoms with E-state index in [0.717, 1.165) is 25.7 Å². The third-order valence-corrected chi connectivity index (χ3v) is 3.94. The van der Waals surface area contributed by atoms with Gasteiger partial charge in [-0.2, -0.15) is 0 Å². The fourth-order valence-electron chi connectivity index (χ4n) is 2.73. The van der Waals surface area contributed by atoms with Crippen LogP contribution in [-0.4, -0.2) is 53.6 Å². The Balaban J connectivity index is 1.92. The van der Waals surface area contributed by atoms with Crippen molar-refractivity contribution in [2.45, 2.75) is 32.6 Å². The summed E-state index contributed by atoms with van der Waals surface area (Å²) in [6.07, 6.45) is 4.09. The Morgan fingerprint density at radius 1 is 1.11 bits per heavy atom. The molecule has 2 rings (SSSR count). The number of carbonyl (C=O) groups excluding carboxylic acids is 3. The summed E-state index contributed by atoms with van der Waals surface area (Å²) >= 11 is 0. The van der Waals surface area contributed by atoms with E-state index < -0.39 is 11.8 Å². The second kappa shape index (κ2) is 5.50. The van der Waals surface area contributed by atoms with Gasteiger partial charge in [0, 0.05) is 25.6 Å². The number of hydrogen-bond donors (Lipinski definition) is 0. The summed E-state index contributed by atoms with van der Waals surface area (Å²) in [6.45, 7) is 3.54. The molecule has 2 aliphatic rings. The summed E-state index contributed by atoms with van der Waals surface area (Å²) in [6, 6.07) is 0.